The van der Waals surface area contributed by atoms with Gasteiger partial charge in [0.15, 0.2) is 0 Å². The van der Waals surface area contributed by atoms with Gasteiger partial charge in [-0.15, -0.1) is 0 Å². The molecule has 1 atom stereocenters. The number of likely N-dealkylation sites (tertiary alicyclic amines) is 1. The highest BCUT2D eigenvalue weighted by Gasteiger charge is 2.36. The monoisotopic (exact) mass is 511 g/mol. The number of nitrogens with zero attached hydrogens (tertiary/aromatic N) is 5. The first-order chi connectivity index (χ1) is 17.4. The number of carbonyl (C=O) groups excluding carboxylic acids is 1. The Kier molecular flexibility index (Phi) is 6.70. The number of nitriles is 2. The van der Waals surface area contributed by atoms with Crippen LogP contribution in [0.3, 0.4) is 0 Å². The number of hydrogen-bond donors (Lipinski definition) is 2. The average molecular weight is 512 g/mol. The lowest BCUT2D eigenvalue weighted by molar-refractivity contribution is -0.137. The Morgan fingerprint density at radius 1 is 1.24 bits per heavy atom. The molecule has 0 bridgehead atoms. The summed E-state index contributed by atoms with van der Waals surface area (Å²) in [5, 5.41) is 22.1. The maximum Gasteiger partial charge on any atom is 0.419 e. The lowest BCUT2D eigenvalue weighted by atomic mass is 10.0. The summed E-state index contributed by atoms with van der Waals surface area (Å²) in [7, 11) is 0. The van der Waals surface area contributed by atoms with Gasteiger partial charge in [0.1, 0.15) is 23.3 Å². The molecule has 2 aromatic heterocycles. The van der Waals surface area contributed by atoms with E-state index in [1.165, 1.54) is 18.3 Å². The van der Waals surface area contributed by atoms with E-state index in [1.807, 2.05) is 12.1 Å². The number of piperidine rings is 1. The third-order valence-corrected chi connectivity index (χ3v) is 5.84. The molecule has 0 radical (unpaired) electrons. The number of halogens is 3. The van der Waals surface area contributed by atoms with E-state index in [-0.39, 0.29) is 46.4 Å². The van der Waals surface area contributed by atoms with Gasteiger partial charge in [-0.05, 0) is 39.7 Å². The van der Waals surface area contributed by atoms with Crippen LogP contribution < -0.4 is 5.32 Å². The van der Waals surface area contributed by atoms with Crippen LogP contribution in [-0.2, 0) is 10.9 Å². The Morgan fingerprint density at radius 2 is 2.00 bits per heavy atom. The number of fused-ring (bicyclic) bond motifs is 1. The predicted molar refractivity (Wildman–Crippen MR) is 128 cm³/mol. The normalized spacial score (nSPS) is 16.2. The number of alkyl halides is 3. The third kappa shape index (κ3) is 5.43. The molecule has 1 aliphatic heterocycles. The topological polar surface area (TPSA) is 131 Å². The summed E-state index contributed by atoms with van der Waals surface area (Å²) < 4.78 is 47.1. The molecule has 192 valence electrons. The summed E-state index contributed by atoms with van der Waals surface area (Å²) in [6.45, 7) is 6.10. The number of H-pyrrole nitrogens is 1. The molecule has 3 aromatic rings. The standard InChI is InChI=1S/C25H24F3N7O2/c1-24(2,3)37-23(36)35-8-4-5-15(13-35)33-22-32-12-19(25(26,27)28)21(34-22)18-11-31-20-16(18)7-6-14(9-29)17(20)10-30/h6-7,11-12,15,31H,4-5,8,13H2,1-3H3,(H,32,33,34). The predicted octanol–water partition coefficient (Wildman–Crippen LogP) is 5.20. The molecule has 1 saturated heterocycles. The minimum atomic E-state index is -4.74. The number of nitrogens with one attached hydrogen (secondary N) is 2. The van der Waals surface area contributed by atoms with E-state index in [2.05, 4.69) is 20.3 Å². The minimum absolute atomic E-state index is 0.0254. The van der Waals surface area contributed by atoms with Crippen molar-refractivity contribution < 1.29 is 22.7 Å². The second kappa shape index (κ2) is 9.62. The number of aromatic amines is 1. The van der Waals surface area contributed by atoms with E-state index < -0.39 is 23.4 Å². The lowest BCUT2D eigenvalue weighted by Crippen LogP contribution is -2.47. The van der Waals surface area contributed by atoms with Crippen molar-refractivity contribution in [2.75, 3.05) is 18.4 Å². The first kappa shape index (κ1) is 25.8. The zero-order valence-electron chi connectivity index (χ0n) is 20.4. The van der Waals surface area contributed by atoms with Gasteiger partial charge in [-0.2, -0.15) is 23.7 Å². The fraction of sp³-hybridized carbons (Fsp3) is 0.400. The first-order valence-electron chi connectivity index (χ1n) is 11.5. The van der Waals surface area contributed by atoms with E-state index in [9.17, 15) is 28.5 Å². The summed E-state index contributed by atoms with van der Waals surface area (Å²) in [6, 6.07) is 6.41. The molecule has 1 aromatic carbocycles. The second-order valence-corrected chi connectivity index (χ2v) is 9.70. The van der Waals surface area contributed by atoms with Crippen molar-refractivity contribution in [2.45, 2.75) is 51.4 Å². The Labute approximate surface area is 210 Å². The van der Waals surface area contributed by atoms with Crippen LogP contribution in [0.1, 0.15) is 50.3 Å². The number of ether oxygens (including phenoxy) is 1. The van der Waals surface area contributed by atoms with Gasteiger partial charge >= 0.3 is 12.3 Å². The Morgan fingerprint density at radius 3 is 2.65 bits per heavy atom. The molecule has 1 aliphatic rings. The van der Waals surface area contributed by atoms with E-state index in [0.717, 1.165) is 0 Å². The number of benzene rings is 1. The largest absolute Gasteiger partial charge is 0.444 e. The maximum atomic E-state index is 13.9. The summed E-state index contributed by atoms with van der Waals surface area (Å²) in [4.78, 5) is 24.9. The van der Waals surface area contributed by atoms with Gasteiger partial charge in [0.25, 0.3) is 0 Å². The van der Waals surface area contributed by atoms with E-state index in [0.29, 0.717) is 31.0 Å². The van der Waals surface area contributed by atoms with Crippen molar-refractivity contribution in [3.05, 3.63) is 41.2 Å². The molecule has 0 spiro atoms. The zero-order valence-corrected chi connectivity index (χ0v) is 20.4. The number of hydrogen-bond acceptors (Lipinski definition) is 7. The highest BCUT2D eigenvalue weighted by Crippen LogP contribution is 2.39. The Balaban J connectivity index is 1.68. The van der Waals surface area contributed by atoms with E-state index in [4.69, 9.17) is 4.74 Å². The molecular formula is C25H24F3N7O2. The molecule has 4 rings (SSSR count). The summed E-state index contributed by atoms with van der Waals surface area (Å²) in [6.07, 6.45) is -1.82. The summed E-state index contributed by atoms with van der Waals surface area (Å²) >= 11 is 0. The summed E-state index contributed by atoms with van der Waals surface area (Å²) in [5.74, 6) is -0.0254. The van der Waals surface area contributed by atoms with Crippen molar-refractivity contribution in [3.63, 3.8) is 0 Å². The van der Waals surface area contributed by atoms with Gasteiger partial charge in [0.05, 0.1) is 22.3 Å². The first-order valence-corrected chi connectivity index (χ1v) is 11.5. The molecule has 2 N–H and O–H groups in total. The van der Waals surface area contributed by atoms with Gasteiger partial charge in [0.2, 0.25) is 5.95 Å². The second-order valence-electron chi connectivity index (χ2n) is 9.70. The van der Waals surface area contributed by atoms with Crippen LogP contribution in [-0.4, -0.2) is 50.7 Å². The Hall–Kier alpha value is -4.32. The van der Waals surface area contributed by atoms with Crippen LogP contribution in [0.5, 0.6) is 0 Å². The number of anilines is 1. The van der Waals surface area contributed by atoms with Crippen LogP contribution in [0.2, 0.25) is 0 Å². The van der Waals surface area contributed by atoms with Crippen molar-refractivity contribution >= 4 is 22.9 Å². The molecule has 37 heavy (non-hydrogen) atoms. The fourth-order valence-electron chi connectivity index (χ4n) is 4.24. The van der Waals surface area contributed by atoms with Crippen LogP contribution in [0, 0.1) is 22.7 Å². The molecule has 0 saturated carbocycles. The van der Waals surface area contributed by atoms with Gasteiger partial charge in [0, 0.05) is 42.5 Å². The fourth-order valence-corrected chi connectivity index (χ4v) is 4.24. The highest BCUT2D eigenvalue weighted by molar-refractivity contribution is 5.99. The molecule has 1 fully saturated rings. The zero-order chi connectivity index (χ0) is 27.0. The number of amides is 1. The average Bonchev–Trinajstić information content (AvgIpc) is 3.26. The molecule has 9 nitrogen and oxygen atoms in total. The van der Waals surface area contributed by atoms with Gasteiger partial charge in [-0.1, -0.05) is 6.07 Å². The van der Waals surface area contributed by atoms with Crippen molar-refractivity contribution in [1.29, 1.82) is 10.5 Å². The van der Waals surface area contributed by atoms with Crippen LogP contribution >= 0.6 is 0 Å². The molecule has 0 aliphatic carbocycles. The molecule has 1 unspecified atom stereocenters. The quantitative estimate of drug-likeness (QED) is 0.494. The number of carbonyl (C=O) groups is 1. The number of aromatic nitrogens is 3. The van der Waals surface area contributed by atoms with Gasteiger partial charge < -0.3 is 19.9 Å². The number of rotatable bonds is 3. The van der Waals surface area contributed by atoms with E-state index in [1.54, 1.807) is 25.7 Å². The Bertz CT molecular complexity index is 1430. The molecule has 3 heterocycles. The lowest BCUT2D eigenvalue weighted by Gasteiger charge is -2.34. The molecule has 12 heteroatoms. The van der Waals surface area contributed by atoms with Crippen LogP contribution in [0.15, 0.2) is 24.5 Å². The maximum absolute atomic E-state index is 13.9. The molecular weight excluding hydrogens is 487 g/mol. The molecule has 1 amide bonds. The van der Waals surface area contributed by atoms with Crippen molar-refractivity contribution in [3.8, 4) is 23.4 Å². The minimum Gasteiger partial charge on any atom is -0.444 e. The smallest absolute Gasteiger partial charge is 0.419 e. The van der Waals surface area contributed by atoms with Crippen molar-refractivity contribution in [1.82, 2.24) is 19.9 Å². The third-order valence-electron chi connectivity index (χ3n) is 5.84. The van der Waals surface area contributed by atoms with E-state index >= 15 is 0 Å². The SMILES string of the molecule is CC(C)(C)OC(=O)N1CCCC(Nc2ncc(C(F)(F)F)c(-c3c[nH]c4c(C#N)c(C#N)ccc34)n2)C1. The van der Waals surface area contributed by atoms with Crippen molar-refractivity contribution in [2.24, 2.45) is 0 Å². The summed E-state index contributed by atoms with van der Waals surface area (Å²) in [5.41, 5.74) is -1.55. The van der Waals surface area contributed by atoms with Crippen LogP contribution in [0.4, 0.5) is 23.9 Å². The van der Waals surface area contributed by atoms with Gasteiger partial charge in [-0.25, -0.2) is 14.8 Å². The highest BCUT2D eigenvalue weighted by atomic mass is 19.4. The van der Waals surface area contributed by atoms with Gasteiger partial charge in [-0.3, -0.25) is 0 Å². The van der Waals surface area contributed by atoms with Crippen LogP contribution in [0.25, 0.3) is 22.2 Å².